The lowest BCUT2D eigenvalue weighted by atomic mass is 10.0. The maximum atomic E-state index is 12.2. The van der Waals surface area contributed by atoms with Gasteiger partial charge in [0.1, 0.15) is 11.7 Å². The Morgan fingerprint density at radius 2 is 2.39 bits per heavy atom. The van der Waals surface area contributed by atoms with Crippen molar-refractivity contribution in [2.45, 2.75) is 13.0 Å². The Bertz CT molecular complexity index is 436. The summed E-state index contributed by atoms with van der Waals surface area (Å²) in [5.41, 5.74) is 0.535. The van der Waals surface area contributed by atoms with Crippen molar-refractivity contribution in [3.63, 3.8) is 0 Å². The number of carbonyl (C=O) groups excluding carboxylic acids is 1. The molecule has 2 rings (SSSR count). The Balaban J connectivity index is 2.36. The molecule has 0 radical (unpaired) electrons. The molecule has 1 aliphatic heterocycles. The summed E-state index contributed by atoms with van der Waals surface area (Å²) in [6.07, 6.45) is 1.66. The van der Waals surface area contributed by atoms with E-state index in [1.807, 2.05) is 14.1 Å². The topological polar surface area (TPSA) is 54.5 Å². The molecule has 0 aliphatic carbocycles. The number of hydrogen-bond donors (Lipinski definition) is 1. The average molecular weight is 249 g/mol. The minimum Gasteiger partial charge on any atom is -0.472 e. The lowest BCUT2D eigenvalue weighted by molar-refractivity contribution is 0.0624. The van der Waals surface area contributed by atoms with Gasteiger partial charge in [0, 0.05) is 32.3 Å². The standard InChI is InChI=1S/C13H19N3O2/c1-9-8-16(3)13(17)10-5-4-6-15-12(10)18-11(9)7-14-2/h4-6,9,11,14H,7-8H2,1-3H3/t9-,11+/m1/s1. The number of fused-ring (bicyclic) bond motifs is 1. The van der Waals surface area contributed by atoms with Gasteiger partial charge < -0.3 is 15.0 Å². The van der Waals surface area contributed by atoms with Crippen molar-refractivity contribution in [2.75, 3.05) is 27.2 Å². The molecule has 0 saturated heterocycles. The second-order valence-electron chi connectivity index (χ2n) is 4.73. The molecule has 0 saturated carbocycles. The van der Waals surface area contributed by atoms with Crippen molar-refractivity contribution < 1.29 is 9.53 Å². The largest absolute Gasteiger partial charge is 0.472 e. The highest BCUT2D eigenvalue weighted by molar-refractivity contribution is 5.96. The summed E-state index contributed by atoms with van der Waals surface area (Å²) in [6, 6.07) is 3.51. The van der Waals surface area contributed by atoms with Crippen molar-refractivity contribution >= 4 is 5.91 Å². The van der Waals surface area contributed by atoms with E-state index in [0.29, 0.717) is 18.0 Å². The number of nitrogens with zero attached hydrogens (tertiary/aromatic N) is 2. The van der Waals surface area contributed by atoms with E-state index in [2.05, 4.69) is 17.2 Å². The average Bonchev–Trinajstić information content (AvgIpc) is 2.37. The van der Waals surface area contributed by atoms with Crippen LogP contribution in [0.15, 0.2) is 18.3 Å². The lowest BCUT2D eigenvalue weighted by Crippen LogP contribution is -2.44. The predicted octanol–water partition coefficient (Wildman–Crippen LogP) is 0.770. The van der Waals surface area contributed by atoms with Gasteiger partial charge in [0.15, 0.2) is 0 Å². The van der Waals surface area contributed by atoms with Crippen molar-refractivity contribution in [1.82, 2.24) is 15.2 Å². The molecule has 1 amide bonds. The van der Waals surface area contributed by atoms with E-state index in [4.69, 9.17) is 4.74 Å². The molecule has 5 nitrogen and oxygen atoms in total. The molecule has 0 unspecified atom stereocenters. The van der Waals surface area contributed by atoms with E-state index >= 15 is 0 Å². The van der Waals surface area contributed by atoms with E-state index in [0.717, 1.165) is 6.54 Å². The van der Waals surface area contributed by atoms with Crippen molar-refractivity contribution in [2.24, 2.45) is 5.92 Å². The van der Waals surface area contributed by atoms with E-state index in [1.165, 1.54) is 0 Å². The first-order chi connectivity index (χ1) is 8.63. The van der Waals surface area contributed by atoms with Crippen LogP contribution in [0.1, 0.15) is 17.3 Å². The number of nitrogens with one attached hydrogen (secondary N) is 1. The fraction of sp³-hybridized carbons (Fsp3) is 0.538. The van der Waals surface area contributed by atoms with Crippen molar-refractivity contribution in [3.05, 3.63) is 23.9 Å². The first-order valence-corrected chi connectivity index (χ1v) is 6.15. The minimum absolute atomic E-state index is 0.0131. The van der Waals surface area contributed by atoms with E-state index < -0.39 is 0 Å². The van der Waals surface area contributed by atoms with E-state index in [1.54, 1.807) is 23.2 Å². The van der Waals surface area contributed by atoms with Gasteiger partial charge >= 0.3 is 0 Å². The Hall–Kier alpha value is -1.62. The SMILES string of the molecule is CNC[C@@H]1Oc2ncccc2C(=O)N(C)C[C@H]1C. The zero-order chi connectivity index (χ0) is 13.1. The highest BCUT2D eigenvalue weighted by atomic mass is 16.5. The van der Waals surface area contributed by atoms with Crippen LogP contribution < -0.4 is 10.1 Å². The highest BCUT2D eigenvalue weighted by Gasteiger charge is 2.28. The maximum absolute atomic E-state index is 12.2. The summed E-state index contributed by atoms with van der Waals surface area (Å²) in [4.78, 5) is 18.1. The molecule has 98 valence electrons. The molecule has 2 heterocycles. The molecule has 0 spiro atoms. The van der Waals surface area contributed by atoms with Crippen LogP contribution in [0.2, 0.25) is 0 Å². The number of aromatic nitrogens is 1. The Labute approximate surface area is 107 Å². The molecule has 5 heteroatoms. The summed E-state index contributed by atoms with van der Waals surface area (Å²) in [5.74, 6) is 0.649. The summed E-state index contributed by atoms with van der Waals surface area (Å²) in [5, 5.41) is 3.12. The number of rotatable bonds is 2. The normalized spacial score (nSPS) is 23.9. The quantitative estimate of drug-likeness (QED) is 0.841. The highest BCUT2D eigenvalue weighted by Crippen LogP contribution is 2.23. The number of carbonyl (C=O) groups is 1. The lowest BCUT2D eigenvalue weighted by Gasteiger charge is -2.31. The van der Waals surface area contributed by atoms with Crippen LogP contribution in [0.4, 0.5) is 0 Å². The molecule has 1 aromatic rings. The molecule has 18 heavy (non-hydrogen) atoms. The summed E-state index contributed by atoms with van der Waals surface area (Å²) < 4.78 is 5.89. The van der Waals surface area contributed by atoms with Crippen LogP contribution in [0.25, 0.3) is 0 Å². The first kappa shape index (κ1) is 12.8. The summed E-state index contributed by atoms with van der Waals surface area (Å²) >= 11 is 0. The molecule has 2 atom stereocenters. The fourth-order valence-electron chi connectivity index (χ4n) is 2.19. The molecular formula is C13H19N3O2. The Morgan fingerprint density at radius 3 is 3.11 bits per heavy atom. The Morgan fingerprint density at radius 1 is 1.61 bits per heavy atom. The van der Waals surface area contributed by atoms with Gasteiger partial charge in [-0.15, -0.1) is 0 Å². The number of pyridine rings is 1. The van der Waals surface area contributed by atoms with Gasteiger partial charge in [-0.1, -0.05) is 6.92 Å². The zero-order valence-corrected chi connectivity index (χ0v) is 11.0. The number of amides is 1. The van der Waals surface area contributed by atoms with Crippen molar-refractivity contribution in [3.8, 4) is 5.88 Å². The summed E-state index contributed by atoms with van der Waals surface area (Å²) in [7, 11) is 3.71. The minimum atomic E-state index is -0.0344. The van der Waals surface area contributed by atoms with Gasteiger partial charge in [0.2, 0.25) is 5.88 Å². The van der Waals surface area contributed by atoms with Crippen LogP contribution in [-0.2, 0) is 0 Å². The second kappa shape index (κ2) is 5.35. The smallest absolute Gasteiger partial charge is 0.259 e. The van der Waals surface area contributed by atoms with Gasteiger partial charge in [-0.25, -0.2) is 4.98 Å². The molecule has 0 bridgehead atoms. The van der Waals surface area contributed by atoms with E-state index in [9.17, 15) is 4.79 Å². The molecule has 0 fully saturated rings. The van der Waals surface area contributed by atoms with Gasteiger partial charge in [-0.3, -0.25) is 4.79 Å². The van der Waals surface area contributed by atoms with Gasteiger partial charge in [0.25, 0.3) is 5.91 Å². The number of likely N-dealkylation sites (N-methyl/N-ethyl adjacent to an activating group) is 1. The molecule has 1 N–H and O–H groups in total. The summed E-state index contributed by atoms with van der Waals surface area (Å²) in [6.45, 7) is 3.50. The third kappa shape index (κ3) is 2.46. The van der Waals surface area contributed by atoms with Crippen LogP contribution in [0.3, 0.4) is 0 Å². The van der Waals surface area contributed by atoms with Crippen LogP contribution in [0.5, 0.6) is 5.88 Å². The van der Waals surface area contributed by atoms with Crippen LogP contribution >= 0.6 is 0 Å². The van der Waals surface area contributed by atoms with E-state index in [-0.39, 0.29) is 17.9 Å². The number of ether oxygens (including phenoxy) is 1. The fourth-order valence-corrected chi connectivity index (χ4v) is 2.19. The molecule has 1 aromatic heterocycles. The molecule has 1 aliphatic rings. The first-order valence-electron chi connectivity index (χ1n) is 6.15. The maximum Gasteiger partial charge on any atom is 0.259 e. The zero-order valence-electron chi connectivity index (χ0n) is 11.0. The third-order valence-electron chi connectivity index (χ3n) is 3.21. The van der Waals surface area contributed by atoms with Gasteiger partial charge in [-0.2, -0.15) is 0 Å². The predicted molar refractivity (Wildman–Crippen MR) is 68.7 cm³/mol. The van der Waals surface area contributed by atoms with Crippen LogP contribution in [-0.4, -0.2) is 49.1 Å². The molecule has 0 aromatic carbocycles. The third-order valence-corrected chi connectivity index (χ3v) is 3.21. The second-order valence-corrected chi connectivity index (χ2v) is 4.73. The van der Waals surface area contributed by atoms with Crippen molar-refractivity contribution in [1.29, 1.82) is 0 Å². The monoisotopic (exact) mass is 249 g/mol. The van der Waals surface area contributed by atoms with Gasteiger partial charge in [-0.05, 0) is 19.2 Å². The number of hydrogen-bond acceptors (Lipinski definition) is 4. The van der Waals surface area contributed by atoms with Crippen LogP contribution in [0, 0.1) is 5.92 Å². The Kier molecular flexibility index (Phi) is 3.81. The molecular weight excluding hydrogens is 230 g/mol. The van der Waals surface area contributed by atoms with Gasteiger partial charge in [0.05, 0.1) is 0 Å².